The molecule has 1 amide bonds. The number of nitrogens with one attached hydrogen (secondary N) is 1. The molecule has 1 saturated carbocycles. The maximum absolute atomic E-state index is 12.3. The maximum atomic E-state index is 12.3. The Bertz CT molecular complexity index is 433. The SMILES string of the molecule is CCCCc1ccc(NC(=O)C2(N)CCCCC2)cc1. The van der Waals surface area contributed by atoms with Gasteiger partial charge in [-0.1, -0.05) is 44.7 Å². The van der Waals surface area contributed by atoms with Gasteiger partial charge in [0.1, 0.15) is 0 Å². The van der Waals surface area contributed by atoms with Gasteiger partial charge in [0.25, 0.3) is 0 Å². The van der Waals surface area contributed by atoms with E-state index in [0.29, 0.717) is 0 Å². The second kappa shape index (κ2) is 6.89. The summed E-state index contributed by atoms with van der Waals surface area (Å²) in [5.74, 6) is -0.0292. The number of rotatable bonds is 5. The Kier molecular flexibility index (Phi) is 5.18. The third-order valence-electron chi connectivity index (χ3n) is 4.23. The molecule has 110 valence electrons. The Balaban J connectivity index is 1.93. The number of nitrogens with two attached hydrogens (primary N) is 1. The Labute approximate surface area is 121 Å². The second-order valence-electron chi connectivity index (χ2n) is 5.97. The van der Waals surface area contributed by atoms with Crippen LogP contribution in [0.25, 0.3) is 0 Å². The molecule has 20 heavy (non-hydrogen) atoms. The summed E-state index contributed by atoms with van der Waals surface area (Å²) in [7, 11) is 0. The topological polar surface area (TPSA) is 55.1 Å². The average molecular weight is 274 g/mol. The quantitative estimate of drug-likeness (QED) is 0.861. The van der Waals surface area contributed by atoms with Crippen LogP contribution in [-0.2, 0) is 11.2 Å². The summed E-state index contributed by atoms with van der Waals surface area (Å²) < 4.78 is 0. The molecule has 2 rings (SSSR count). The molecule has 0 spiro atoms. The van der Waals surface area contributed by atoms with Crippen LogP contribution in [0.4, 0.5) is 5.69 Å². The van der Waals surface area contributed by atoms with Crippen molar-refractivity contribution in [3.8, 4) is 0 Å². The van der Waals surface area contributed by atoms with Gasteiger partial charge in [-0.25, -0.2) is 0 Å². The lowest BCUT2D eigenvalue weighted by atomic mass is 9.82. The van der Waals surface area contributed by atoms with Gasteiger partial charge in [0.15, 0.2) is 0 Å². The first-order valence-electron chi connectivity index (χ1n) is 7.83. The zero-order valence-electron chi connectivity index (χ0n) is 12.5. The molecule has 3 heteroatoms. The highest BCUT2D eigenvalue weighted by Crippen LogP contribution is 2.27. The molecule has 0 unspecified atom stereocenters. The van der Waals surface area contributed by atoms with E-state index in [4.69, 9.17) is 5.73 Å². The summed E-state index contributed by atoms with van der Waals surface area (Å²) >= 11 is 0. The Hall–Kier alpha value is -1.35. The van der Waals surface area contributed by atoms with Crippen LogP contribution in [0, 0.1) is 0 Å². The molecule has 0 heterocycles. The highest BCUT2D eigenvalue weighted by atomic mass is 16.2. The van der Waals surface area contributed by atoms with Crippen LogP contribution in [0.3, 0.4) is 0 Å². The number of amides is 1. The zero-order valence-corrected chi connectivity index (χ0v) is 12.5. The van der Waals surface area contributed by atoms with Crippen LogP contribution in [0.5, 0.6) is 0 Å². The van der Waals surface area contributed by atoms with Gasteiger partial charge in [0.05, 0.1) is 5.54 Å². The van der Waals surface area contributed by atoms with Crippen LogP contribution in [0.2, 0.25) is 0 Å². The first kappa shape index (κ1) is 15.0. The van der Waals surface area contributed by atoms with Crippen molar-refractivity contribution in [1.82, 2.24) is 0 Å². The Morgan fingerprint density at radius 3 is 2.45 bits per heavy atom. The number of carbonyl (C=O) groups is 1. The highest BCUT2D eigenvalue weighted by molar-refractivity contribution is 5.98. The molecule has 0 aliphatic heterocycles. The predicted molar refractivity (Wildman–Crippen MR) is 83.7 cm³/mol. The molecule has 1 aliphatic rings. The van der Waals surface area contributed by atoms with Crippen molar-refractivity contribution in [2.45, 2.75) is 63.8 Å². The van der Waals surface area contributed by atoms with Gasteiger partial charge in [-0.15, -0.1) is 0 Å². The van der Waals surface area contributed by atoms with Crippen LogP contribution in [0.15, 0.2) is 24.3 Å². The van der Waals surface area contributed by atoms with Crippen molar-refractivity contribution in [2.24, 2.45) is 5.73 Å². The van der Waals surface area contributed by atoms with Gasteiger partial charge in [0, 0.05) is 5.69 Å². The number of anilines is 1. The molecular weight excluding hydrogens is 248 g/mol. The normalized spacial score (nSPS) is 17.7. The van der Waals surface area contributed by atoms with Gasteiger partial charge < -0.3 is 11.1 Å². The molecule has 0 bridgehead atoms. The summed E-state index contributed by atoms with van der Waals surface area (Å²) in [4.78, 5) is 12.3. The summed E-state index contributed by atoms with van der Waals surface area (Å²) in [6.07, 6.45) is 8.41. The summed E-state index contributed by atoms with van der Waals surface area (Å²) in [5, 5.41) is 2.97. The van der Waals surface area contributed by atoms with Crippen LogP contribution in [-0.4, -0.2) is 11.4 Å². The fraction of sp³-hybridized carbons (Fsp3) is 0.588. The lowest BCUT2D eigenvalue weighted by molar-refractivity contribution is -0.122. The van der Waals surface area contributed by atoms with Gasteiger partial charge in [-0.05, 0) is 43.4 Å². The molecule has 0 radical (unpaired) electrons. The van der Waals surface area contributed by atoms with Crippen LogP contribution >= 0.6 is 0 Å². The monoisotopic (exact) mass is 274 g/mol. The van der Waals surface area contributed by atoms with Gasteiger partial charge in [-0.3, -0.25) is 4.79 Å². The van der Waals surface area contributed by atoms with Crippen molar-refractivity contribution in [3.63, 3.8) is 0 Å². The van der Waals surface area contributed by atoms with Gasteiger partial charge >= 0.3 is 0 Å². The maximum Gasteiger partial charge on any atom is 0.244 e. The Morgan fingerprint density at radius 2 is 1.85 bits per heavy atom. The number of unbranched alkanes of at least 4 members (excludes halogenated alkanes) is 1. The van der Waals surface area contributed by atoms with E-state index in [2.05, 4.69) is 24.4 Å². The summed E-state index contributed by atoms with van der Waals surface area (Å²) in [6.45, 7) is 2.19. The summed E-state index contributed by atoms with van der Waals surface area (Å²) in [5.41, 5.74) is 7.74. The van der Waals surface area contributed by atoms with Gasteiger partial charge in [0.2, 0.25) is 5.91 Å². The number of carbonyl (C=O) groups excluding carboxylic acids is 1. The fourth-order valence-electron chi connectivity index (χ4n) is 2.80. The van der Waals surface area contributed by atoms with E-state index in [1.54, 1.807) is 0 Å². The lowest BCUT2D eigenvalue weighted by Gasteiger charge is -2.31. The molecular formula is C17H26N2O. The van der Waals surface area contributed by atoms with Gasteiger partial charge in [-0.2, -0.15) is 0 Å². The van der Waals surface area contributed by atoms with Crippen molar-refractivity contribution in [1.29, 1.82) is 0 Å². The largest absolute Gasteiger partial charge is 0.324 e. The van der Waals surface area contributed by atoms with E-state index in [-0.39, 0.29) is 5.91 Å². The predicted octanol–water partition coefficient (Wildman–Crippen LogP) is 3.63. The number of hydrogen-bond donors (Lipinski definition) is 2. The molecule has 0 saturated heterocycles. The van der Waals surface area contributed by atoms with E-state index in [9.17, 15) is 4.79 Å². The van der Waals surface area contributed by atoms with E-state index in [1.165, 1.54) is 24.8 Å². The first-order valence-corrected chi connectivity index (χ1v) is 7.83. The minimum Gasteiger partial charge on any atom is -0.324 e. The van der Waals surface area contributed by atoms with Crippen LogP contribution < -0.4 is 11.1 Å². The molecule has 3 nitrogen and oxygen atoms in total. The number of aryl methyl sites for hydroxylation is 1. The lowest BCUT2D eigenvalue weighted by Crippen LogP contribution is -2.52. The molecule has 1 aromatic carbocycles. The molecule has 0 aromatic heterocycles. The van der Waals surface area contributed by atoms with E-state index in [0.717, 1.165) is 37.8 Å². The molecule has 1 aromatic rings. The third kappa shape index (κ3) is 3.83. The summed E-state index contributed by atoms with van der Waals surface area (Å²) in [6, 6.07) is 8.15. The molecule has 1 aliphatic carbocycles. The second-order valence-corrected chi connectivity index (χ2v) is 5.97. The highest BCUT2D eigenvalue weighted by Gasteiger charge is 2.35. The average Bonchev–Trinajstić information content (AvgIpc) is 2.47. The van der Waals surface area contributed by atoms with E-state index in [1.807, 2.05) is 12.1 Å². The van der Waals surface area contributed by atoms with Crippen molar-refractivity contribution < 1.29 is 4.79 Å². The molecule has 1 fully saturated rings. The van der Waals surface area contributed by atoms with Crippen molar-refractivity contribution >= 4 is 11.6 Å². The molecule has 0 atom stereocenters. The molecule has 3 N–H and O–H groups in total. The number of hydrogen-bond acceptors (Lipinski definition) is 2. The standard InChI is InChI=1S/C17H26N2O/c1-2-3-7-14-8-10-15(11-9-14)19-16(20)17(18)12-5-4-6-13-17/h8-11H,2-7,12-13,18H2,1H3,(H,19,20). The van der Waals surface area contributed by atoms with E-state index >= 15 is 0 Å². The van der Waals surface area contributed by atoms with E-state index < -0.39 is 5.54 Å². The third-order valence-corrected chi connectivity index (χ3v) is 4.23. The van der Waals surface area contributed by atoms with Crippen LogP contribution in [0.1, 0.15) is 57.4 Å². The minimum absolute atomic E-state index is 0.0292. The zero-order chi connectivity index (χ0) is 14.4. The fourth-order valence-corrected chi connectivity index (χ4v) is 2.80. The minimum atomic E-state index is -0.668. The first-order chi connectivity index (χ1) is 9.64. The van der Waals surface area contributed by atoms with Crippen molar-refractivity contribution in [3.05, 3.63) is 29.8 Å². The smallest absolute Gasteiger partial charge is 0.244 e. The number of benzene rings is 1. The Morgan fingerprint density at radius 1 is 1.20 bits per heavy atom. The van der Waals surface area contributed by atoms with Crippen molar-refractivity contribution in [2.75, 3.05) is 5.32 Å².